The Labute approximate surface area is 188 Å². The summed E-state index contributed by atoms with van der Waals surface area (Å²) in [6.07, 6.45) is 0. The molecule has 0 radical (unpaired) electrons. The Balaban J connectivity index is 1.62. The molecule has 0 spiro atoms. The highest BCUT2D eigenvalue weighted by atomic mass is 32.1. The molecule has 0 atom stereocenters. The Morgan fingerprint density at radius 2 is 1.85 bits per heavy atom. The molecule has 0 aliphatic rings. The number of fused-ring (bicyclic) bond motifs is 1. The summed E-state index contributed by atoms with van der Waals surface area (Å²) in [6.45, 7) is 0. The molecule has 0 saturated carbocycles. The van der Waals surface area contributed by atoms with E-state index in [-0.39, 0.29) is 39.3 Å². The normalized spacial score (nSPS) is 10.7. The molecule has 1 N–H and O–H groups in total. The van der Waals surface area contributed by atoms with Crippen molar-refractivity contribution < 1.29 is 28.5 Å². The minimum atomic E-state index is -0.648. The second kappa shape index (κ2) is 8.55. The third kappa shape index (κ3) is 4.16. The summed E-state index contributed by atoms with van der Waals surface area (Å²) < 4.78 is 16.2. The van der Waals surface area contributed by atoms with Crippen LogP contribution in [0.15, 0.2) is 46.9 Å². The van der Waals surface area contributed by atoms with E-state index in [1.807, 2.05) is 0 Å². The molecule has 1 amide bonds. The van der Waals surface area contributed by atoms with Crippen molar-refractivity contribution in [2.75, 3.05) is 19.5 Å². The molecule has 33 heavy (non-hydrogen) atoms. The second-order valence-corrected chi connectivity index (χ2v) is 7.56. The number of furan rings is 1. The number of benzene rings is 2. The van der Waals surface area contributed by atoms with E-state index in [9.17, 15) is 25.0 Å². The Kier molecular flexibility index (Phi) is 5.62. The molecule has 4 rings (SSSR count). The third-order valence-corrected chi connectivity index (χ3v) is 5.51. The molecule has 0 bridgehead atoms. The molecule has 0 saturated heterocycles. The van der Waals surface area contributed by atoms with Crippen molar-refractivity contribution in [3.05, 3.63) is 68.5 Å². The van der Waals surface area contributed by atoms with Crippen LogP contribution >= 0.6 is 11.3 Å². The van der Waals surface area contributed by atoms with Gasteiger partial charge in [-0.2, -0.15) is 0 Å². The number of nitro benzene ring substituents is 2. The van der Waals surface area contributed by atoms with Gasteiger partial charge in [-0.1, -0.05) is 11.3 Å². The molecule has 0 aliphatic carbocycles. The fourth-order valence-corrected chi connectivity index (χ4v) is 3.97. The van der Waals surface area contributed by atoms with Gasteiger partial charge in [0, 0.05) is 6.07 Å². The number of methoxy groups -OCH3 is 2. The van der Waals surface area contributed by atoms with Crippen LogP contribution in [0, 0.1) is 20.2 Å². The first-order valence-corrected chi connectivity index (χ1v) is 9.99. The molecule has 13 heteroatoms. The zero-order chi connectivity index (χ0) is 23.7. The van der Waals surface area contributed by atoms with Crippen LogP contribution in [-0.4, -0.2) is 35.0 Å². The zero-order valence-corrected chi connectivity index (χ0v) is 17.9. The number of carbonyl (C=O) groups is 1. The van der Waals surface area contributed by atoms with Crippen LogP contribution in [0.3, 0.4) is 0 Å². The molecular weight excluding hydrogens is 456 g/mol. The largest absolute Gasteiger partial charge is 0.497 e. The van der Waals surface area contributed by atoms with Gasteiger partial charge in [0.2, 0.25) is 0 Å². The van der Waals surface area contributed by atoms with Crippen LogP contribution in [-0.2, 0) is 0 Å². The third-order valence-electron chi connectivity index (χ3n) is 4.59. The summed E-state index contributed by atoms with van der Waals surface area (Å²) in [6, 6.07) is 9.65. The number of nitrogens with zero attached hydrogens (tertiary/aromatic N) is 3. The standard InChI is InChI=1S/C20H14N4O8S/c1-30-11-3-4-12(13(9-11)24(28)29)14-5-6-15(32-14)19(25)22-20-21-18-16(31-2)7-10(23(26)27)8-17(18)33-20/h3-9H,1-2H3,(H,21,22,25). The first kappa shape index (κ1) is 21.7. The summed E-state index contributed by atoms with van der Waals surface area (Å²) in [5.74, 6) is -0.127. The summed E-state index contributed by atoms with van der Waals surface area (Å²) in [5, 5.41) is 25.3. The van der Waals surface area contributed by atoms with E-state index >= 15 is 0 Å². The number of rotatable bonds is 7. The highest BCUT2D eigenvalue weighted by Gasteiger charge is 2.22. The van der Waals surface area contributed by atoms with Crippen molar-refractivity contribution in [1.82, 2.24) is 4.98 Å². The van der Waals surface area contributed by atoms with E-state index < -0.39 is 15.8 Å². The number of carbonyl (C=O) groups excluding carboxylic acids is 1. The summed E-state index contributed by atoms with van der Waals surface area (Å²) in [7, 11) is 2.75. The number of thiazole rings is 1. The van der Waals surface area contributed by atoms with Crippen LogP contribution in [0.4, 0.5) is 16.5 Å². The SMILES string of the molecule is COc1ccc(-c2ccc(C(=O)Nc3nc4c(OC)cc([N+](=O)[O-])cc4s3)o2)c([N+](=O)[O-])c1. The number of nitrogens with one attached hydrogen (secondary N) is 1. The topological polar surface area (TPSA) is 160 Å². The zero-order valence-electron chi connectivity index (χ0n) is 17.1. The number of ether oxygens (including phenoxy) is 2. The fraction of sp³-hybridized carbons (Fsp3) is 0.100. The molecule has 0 unspecified atom stereocenters. The first-order chi connectivity index (χ1) is 15.8. The number of aromatic nitrogens is 1. The number of anilines is 1. The molecule has 2 aromatic carbocycles. The second-order valence-electron chi connectivity index (χ2n) is 6.53. The maximum atomic E-state index is 12.7. The lowest BCUT2D eigenvalue weighted by atomic mass is 10.1. The monoisotopic (exact) mass is 470 g/mol. The van der Waals surface area contributed by atoms with Gasteiger partial charge in [0.25, 0.3) is 17.3 Å². The fourth-order valence-electron chi connectivity index (χ4n) is 3.06. The molecule has 2 heterocycles. The van der Waals surface area contributed by atoms with Crippen molar-refractivity contribution in [2.45, 2.75) is 0 Å². The van der Waals surface area contributed by atoms with Crippen LogP contribution in [0.1, 0.15) is 10.6 Å². The Hall–Kier alpha value is -4.52. The van der Waals surface area contributed by atoms with Gasteiger partial charge in [0.15, 0.2) is 16.6 Å². The molecule has 0 aliphatic heterocycles. The van der Waals surface area contributed by atoms with Gasteiger partial charge >= 0.3 is 0 Å². The van der Waals surface area contributed by atoms with E-state index in [2.05, 4.69) is 10.3 Å². The van der Waals surface area contributed by atoms with Gasteiger partial charge < -0.3 is 13.9 Å². The van der Waals surface area contributed by atoms with Gasteiger partial charge in [-0.15, -0.1) is 0 Å². The maximum absolute atomic E-state index is 12.7. The van der Waals surface area contributed by atoms with E-state index in [4.69, 9.17) is 13.9 Å². The van der Waals surface area contributed by atoms with Gasteiger partial charge in [0.05, 0.1) is 46.5 Å². The average molecular weight is 470 g/mol. The van der Waals surface area contributed by atoms with Gasteiger partial charge in [-0.25, -0.2) is 4.98 Å². The van der Waals surface area contributed by atoms with E-state index in [0.29, 0.717) is 16.0 Å². The molecular formula is C20H14N4O8S. The van der Waals surface area contributed by atoms with Gasteiger partial charge in [0.1, 0.15) is 17.0 Å². The number of nitro groups is 2. The Morgan fingerprint density at radius 1 is 1.06 bits per heavy atom. The molecule has 0 fully saturated rings. The van der Waals surface area contributed by atoms with Crippen LogP contribution in [0.25, 0.3) is 21.5 Å². The average Bonchev–Trinajstić information content (AvgIpc) is 3.44. The lowest BCUT2D eigenvalue weighted by Crippen LogP contribution is -2.10. The summed E-state index contributed by atoms with van der Waals surface area (Å²) in [4.78, 5) is 38.3. The predicted octanol–water partition coefficient (Wildman–Crippen LogP) is 4.64. The lowest BCUT2D eigenvalue weighted by Gasteiger charge is -2.03. The van der Waals surface area contributed by atoms with Crippen molar-refractivity contribution in [1.29, 1.82) is 0 Å². The molecule has 12 nitrogen and oxygen atoms in total. The molecule has 168 valence electrons. The number of hydrogen-bond donors (Lipinski definition) is 1. The van der Waals surface area contributed by atoms with Crippen molar-refractivity contribution in [3.63, 3.8) is 0 Å². The van der Waals surface area contributed by atoms with Gasteiger partial charge in [-0.3, -0.25) is 30.3 Å². The quantitative estimate of drug-likeness (QED) is 0.300. The molecule has 4 aromatic rings. The Morgan fingerprint density at radius 3 is 2.52 bits per heavy atom. The summed E-state index contributed by atoms with van der Waals surface area (Å²) >= 11 is 1.02. The van der Waals surface area contributed by atoms with Gasteiger partial charge in [-0.05, 0) is 24.3 Å². The van der Waals surface area contributed by atoms with E-state index in [1.165, 1.54) is 56.7 Å². The van der Waals surface area contributed by atoms with E-state index in [0.717, 1.165) is 11.3 Å². The van der Waals surface area contributed by atoms with Crippen molar-refractivity contribution in [2.24, 2.45) is 0 Å². The van der Waals surface area contributed by atoms with Crippen molar-refractivity contribution in [3.8, 4) is 22.8 Å². The predicted molar refractivity (Wildman–Crippen MR) is 118 cm³/mol. The minimum Gasteiger partial charge on any atom is -0.497 e. The smallest absolute Gasteiger partial charge is 0.293 e. The highest BCUT2D eigenvalue weighted by Crippen LogP contribution is 2.37. The van der Waals surface area contributed by atoms with Crippen LogP contribution in [0.2, 0.25) is 0 Å². The maximum Gasteiger partial charge on any atom is 0.293 e. The number of amides is 1. The minimum absolute atomic E-state index is 0.104. The van der Waals surface area contributed by atoms with E-state index in [1.54, 1.807) is 0 Å². The number of non-ortho nitro benzene ring substituents is 1. The Bertz CT molecular complexity index is 1410. The lowest BCUT2D eigenvalue weighted by molar-refractivity contribution is -0.384. The highest BCUT2D eigenvalue weighted by molar-refractivity contribution is 7.22. The molecule has 2 aromatic heterocycles. The van der Waals surface area contributed by atoms with Crippen molar-refractivity contribution >= 4 is 44.0 Å². The van der Waals surface area contributed by atoms with Crippen LogP contribution in [0.5, 0.6) is 11.5 Å². The van der Waals surface area contributed by atoms with Crippen LogP contribution < -0.4 is 14.8 Å². The first-order valence-electron chi connectivity index (χ1n) is 9.17. The summed E-state index contributed by atoms with van der Waals surface area (Å²) in [5.41, 5.74) is 0.127. The number of hydrogen-bond acceptors (Lipinski definition) is 10.